The van der Waals surface area contributed by atoms with E-state index in [0.717, 1.165) is 0 Å². The minimum atomic E-state index is -0.451. The van der Waals surface area contributed by atoms with E-state index >= 15 is 0 Å². The summed E-state index contributed by atoms with van der Waals surface area (Å²) in [5.41, 5.74) is 0.605. The van der Waals surface area contributed by atoms with Crippen molar-refractivity contribution in [1.29, 1.82) is 0 Å². The molecule has 1 fully saturated rings. The van der Waals surface area contributed by atoms with Crippen molar-refractivity contribution in [3.8, 4) is 0 Å². The maximum Gasteiger partial charge on any atom is 0.336 e. The number of carbonyl (C=O) groups is 2. The smallest absolute Gasteiger partial charge is 0.336 e. The van der Waals surface area contributed by atoms with E-state index in [1.165, 1.54) is 6.07 Å². The van der Waals surface area contributed by atoms with Gasteiger partial charge in [-0.1, -0.05) is 0 Å². The van der Waals surface area contributed by atoms with Crippen LogP contribution in [0.15, 0.2) is 15.3 Å². The normalized spacial score (nSPS) is 15.7. The summed E-state index contributed by atoms with van der Waals surface area (Å²) in [5, 5.41) is 0. The standard InChI is InChI=1S/C16H21NO5/c1-4-21-16(20)12-5-7-17(8-6-12)15(19)14-10(2)9-13(18)22-11(14)3/h9,12H,4-8H2,1-3H3. The molecule has 6 nitrogen and oxygen atoms in total. The van der Waals surface area contributed by atoms with Crippen LogP contribution in [0.5, 0.6) is 0 Å². The summed E-state index contributed by atoms with van der Waals surface area (Å²) >= 11 is 0. The first-order valence-corrected chi connectivity index (χ1v) is 7.51. The molecule has 1 aromatic heterocycles. The Morgan fingerprint density at radius 2 is 1.95 bits per heavy atom. The molecule has 1 aliphatic heterocycles. The van der Waals surface area contributed by atoms with E-state index in [2.05, 4.69) is 0 Å². The fraction of sp³-hybridized carbons (Fsp3) is 0.562. The molecule has 1 aliphatic rings. The van der Waals surface area contributed by atoms with Crippen LogP contribution in [0.3, 0.4) is 0 Å². The molecule has 0 aliphatic carbocycles. The molecule has 2 heterocycles. The fourth-order valence-corrected chi connectivity index (χ4v) is 2.81. The molecule has 6 heteroatoms. The number of nitrogens with zero attached hydrogens (tertiary/aromatic N) is 1. The number of ether oxygens (including phenoxy) is 1. The largest absolute Gasteiger partial charge is 0.466 e. The fourth-order valence-electron chi connectivity index (χ4n) is 2.81. The van der Waals surface area contributed by atoms with E-state index in [1.807, 2.05) is 0 Å². The van der Waals surface area contributed by atoms with Gasteiger partial charge in [-0.25, -0.2) is 4.79 Å². The van der Waals surface area contributed by atoms with E-state index in [-0.39, 0.29) is 17.8 Å². The summed E-state index contributed by atoms with van der Waals surface area (Å²) in [5.74, 6) is -0.142. The molecule has 0 unspecified atom stereocenters. The molecule has 0 spiro atoms. The molecular formula is C16H21NO5. The van der Waals surface area contributed by atoms with E-state index in [0.29, 0.717) is 49.4 Å². The predicted octanol–water partition coefficient (Wildman–Crippen LogP) is 1.67. The number of carbonyl (C=O) groups excluding carboxylic acids is 2. The topological polar surface area (TPSA) is 76.8 Å². The average Bonchev–Trinajstić information content (AvgIpc) is 2.46. The Hall–Kier alpha value is -2.11. The number of hydrogen-bond donors (Lipinski definition) is 0. The number of piperidine rings is 1. The van der Waals surface area contributed by atoms with Crippen molar-refractivity contribution in [1.82, 2.24) is 4.90 Å². The Balaban J connectivity index is 2.07. The van der Waals surface area contributed by atoms with Crippen molar-refractivity contribution < 1.29 is 18.7 Å². The molecular weight excluding hydrogens is 286 g/mol. The SMILES string of the molecule is CCOC(=O)C1CCN(C(=O)c2c(C)cc(=O)oc2C)CC1. The van der Waals surface area contributed by atoms with Gasteiger partial charge < -0.3 is 14.1 Å². The second kappa shape index (κ2) is 6.77. The Bertz CT molecular complexity index is 600. The Kier molecular flexibility index (Phi) is 5.00. The minimum absolute atomic E-state index is 0.139. The van der Waals surface area contributed by atoms with E-state index in [1.54, 1.807) is 25.7 Å². The van der Waals surface area contributed by atoms with Crippen molar-refractivity contribution in [3.63, 3.8) is 0 Å². The number of likely N-dealkylation sites (tertiary alicyclic amines) is 1. The van der Waals surface area contributed by atoms with Crippen molar-refractivity contribution in [3.05, 3.63) is 33.4 Å². The lowest BCUT2D eigenvalue weighted by Crippen LogP contribution is -2.41. The van der Waals surface area contributed by atoms with Crippen LogP contribution >= 0.6 is 0 Å². The molecule has 0 bridgehead atoms. The Morgan fingerprint density at radius 3 is 2.50 bits per heavy atom. The molecule has 2 rings (SSSR count). The maximum absolute atomic E-state index is 12.6. The molecule has 0 atom stereocenters. The molecule has 0 radical (unpaired) electrons. The van der Waals surface area contributed by atoms with Crippen LogP contribution in [0.1, 0.15) is 41.4 Å². The molecule has 0 aromatic carbocycles. The van der Waals surface area contributed by atoms with Crippen molar-refractivity contribution in [2.75, 3.05) is 19.7 Å². The van der Waals surface area contributed by atoms with Gasteiger partial charge in [-0.15, -0.1) is 0 Å². The second-order valence-corrected chi connectivity index (χ2v) is 5.50. The lowest BCUT2D eigenvalue weighted by atomic mass is 9.96. The van der Waals surface area contributed by atoms with Crippen molar-refractivity contribution >= 4 is 11.9 Å². The molecule has 120 valence electrons. The highest BCUT2D eigenvalue weighted by Gasteiger charge is 2.30. The Morgan fingerprint density at radius 1 is 1.32 bits per heavy atom. The van der Waals surface area contributed by atoms with Gasteiger partial charge in [0.05, 0.1) is 18.1 Å². The summed E-state index contributed by atoms with van der Waals surface area (Å²) < 4.78 is 10.0. The van der Waals surface area contributed by atoms with Crippen LogP contribution in [0.25, 0.3) is 0 Å². The third-order valence-corrected chi connectivity index (χ3v) is 3.95. The van der Waals surface area contributed by atoms with E-state index < -0.39 is 5.63 Å². The van der Waals surface area contributed by atoms with Gasteiger partial charge >= 0.3 is 11.6 Å². The summed E-state index contributed by atoms with van der Waals surface area (Å²) in [7, 11) is 0. The monoisotopic (exact) mass is 307 g/mol. The van der Waals surface area contributed by atoms with E-state index in [4.69, 9.17) is 9.15 Å². The maximum atomic E-state index is 12.6. The third kappa shape index (κ3) is 3.37. The van der Waals surface area contributed by atoms with Crippen molar-refractivity contribution in [2.45, 2.75) is 33.6 Å². The molecule has 1 saturated heterocycles. The number of esters is 1. The molecule has 1 aromatic rings. The first-order chi connectivity index (χ1) is 10.4. The van der Waals surface area contributed by atoms with Gasteiger partial charge in [-0.2, -0.15) is 0 Å². The van der Waals surface area contributed by atoms with Gasteiger partial charge in [-0.3, -0.25) is 9.59 Å². The number of hydrogen-bond acceptors (Lipinski definition) is 5. The van der Waals surface area contributed by atoms with Crippen LogP contribution in [-0.4, -0.2) is 36.5 Å². The highest BCUT2D eigenvalue weighted by atomic mass is 16.5. The number of amides is 1. The van der Waals surface area contributed by atoms with Crippen molar-refractivity contribution in [2.24, 2.45) is 5.92 Å². The first-order valence-electron chi connectivity index (χ1n) is 7.51. The second-order valence-electron chi connectivity index (χ2n) is 5.50. The average molecular weight is 307 g/mol. The quantitative estimate of drug-likeness (QED) is 0.794. The summed E-state index contributed by atoms with van der Waals surface area (Å²) in [6.45, 7) is 6.50. The third-order valence-electron chi connectivity index (χ3n) is 3.95. The van der Waals surface area contributed by atoms with Gasteiger partial charge in [0.1, 0.15) is 5.76 Å². The highest BCUT2D eigenvalue weighted by molar-refractivity contribution is 5.96. The van der Waals surface area contributed by atoms with Gasteiger partial charge in [0.25, 0.3) is 5.91 Å². The number of aryl methyl sites for hydroxylation is 2. The predicted molar refractivity (Wildman–Crippen MR) is 79.7 cm³/mol. The van der Waals surface area contributed by atoms with Crippen LogP contribution in [0.4, 0.5) is 0 Å². The number of rotatable bonds is 3. The summed E-state index contributed by atoms with van der Waals surface area (Å²) in [4.78, 5) is 37.3. The molecule has 0 N–H and O–H groups in total. The lowest BCUT2D eigenvalue weighted by Gasteiger charge is -2.31. The summed E-state index contributed by atoms with van der Waals surface area (Å²) in [6.07, 6.45) is 1.19. The zero-order chi connectivity index (χ0) is 16.3. The van der Waals surface area contributed by atoms with Gasteiger partial charge in [0, 0.05) is 19.2 Å². The summed E-state index contributed by atoms with van der Waals surface area (Å²) in [6, 6.07) is 1.32. The molecule has 0 saturated carbocycles. The molecule has 1 amide bonds. The minimum Gasteiger partial charge on any atom is -0.466 e. The van der Waals surface area contributed by atoms with E-state index in [9.17, 15) is 14.4 Å². The van der Waals surface area contributed by atoms with Gasteiger partial charge in [0.15, 0.2) is 0 Å². The van der Waals surface area contributed by atoms with Crippen LogP contribution in [-0.2, 0) is 9.53 Å². The van der Waals surface area contributed by atoms with Crippen LogP contribution in [0, 0.1) is 19.8 Å². The van der Waals surface area contributed by atoms with Gasteiger partial charge in [-0.05, 0) is 39.2 Å². The molecule has 22 heavy (non-hydrogen) atoms. The Labute approximate surface area is 129 Å². The van der Waals surface area contributed by atoms with Crippen LogP contribution in [0.2, 0.25) is 0 Å². The zero-order valence-corrected chi connectivity index (χ0v) is 13.2. The highest BCUT2D eigenvalue weighted by Crippen LogP contribution is 2.22. The van der Waals surface area contributed by atoms with Crippen LogP contribution < -0.4 is 5.63 Å². The first kappa shape index (κ1) is 16.3. The zero-order valence-electron chi connectivity index (χ0n) is 13.2. The van der Waals surface area contributed by atoms with Gasteiger partial charge in [0.2, 0.25) is 0 Å². The lowest BCUT2D eigenvalue weighted by molar-refractivity contribution is -0.149.